The second kappa shape index (κ2) is 16.3. The van der Waals surface area contributed by atoms with Crippen molar-refractivity contribution in [2.45, 2.75) is 116 Å². The Hall–Kier alpha value is -4.10. The van der Waals surface area contributed by atoms with Gasteiger partial charge in [0.2, 0.25) is 5.91 Å². The molecule has 0 bridgehead atoms. The van der Waals surface area contributed by atoms with Gasteiger partial charge >= 0.3 is 0 Å². The number of aryl methyl sites for hydroxylation is 1. The predicted octanol–water partition coefficient (Wildman–Crippen LogP) is 7.70. The van der Waals surface area contributed by atoms with E-state index in [4.69, 9.17) is 14.7 Å². The van der Waals surface area contributed by atoms with Crippen LogP contribution in [0.5, 0.6) is 0 Å². The molecule has 1 atom stereocenters. The first-order chi connectivity index (χ1) is 24.7. The van der Waals surface area contributed by atoms with Crippen molar-refractivity contribution in [3.05, 3.63) is 64.9 Å². The van der Waals surface area contributed by atoms with E-state index in [1.807, 2.05) is 39.0 Å². The molecule has 0 spiro atoms. The van der Waals surface area contributed by atoms with E-state index in [0.717, 1.165) is 18.4 Å². The maximum atomic E-state index is 15.6. The number of halogens is 1. The molecule has 3 aromatic rings. The van der Waals surface area contributed by atoms with Crippen molar-refractivity contribution in [1.29, 1.82) is 5.41 Å². The Bertz CT molecular complexity index is 1890. The normalized spacial score (nSPS) is 18.7. The second-order valence-corrected chi connectivity index (χ2v) is 16.1. The molecule has 2 amide bonds. The number of aromatic nitrogens is 1. The first kappa shape index (κ1) is 39.1. The van der Waals surface area contributed by atoms with Crippen LogP contribution in [0.4, 0.5) is 10.2 Å². The van der Waals surface area contributed by atoms with Gasteiger partial charge in [-0.15, -0.1) is 0 Å². The molecule has 1 aliphatic heterocycles. The number of unbranched alkanes of at least 4 members (excludes halogenated alkanes) is 1. The molecule has 52 heavy (non-hydrogen) atoms. The molecule has 2 aromatic carbocycles. The van der Waals surface area contributed by atoms with Gasteiger partial charge in [0.1, 0.15) is 11.6 Å². The van der Waals surface area contributed by atoms with Gasteiger partial charge in [0, 0.05) is 37.2 Å². The van der Waals surface area contributed by atoms with Crippen LogP contribution in [0.2, 0.25) is 0 Å². The van der Waals surface area contributed by atoms with Gasteiger partial charge in [0.05, 0.1) is 23.5 Å². The molecule has 11 nitrogen and oxygen atoms in total. The van der Waals surface area contributed by atoms with E-state index in [2.05, 4.69) is 9.88 Å². The minimum atomic E-state index is -4.08. The van der Waals surface area contributed by atoms with Gasteiger partial charge < -0.3 is 14.2 Å². The van der Waals surface area contributed by atoms with E-state index in [0.29, 0.717) is 73.3 Å². The summed E-state index contributed by atoms with van der Waals surface area (Å²) >= 11 is 0. The van der Waals surface area contributed by atoms with Crippen LogP contribution in [0.1, 0.15) is 101 Å². The largest absolute Gasteiger partial charge is 0.377 e. The van der Waals surface area contributed by atoms with E-state index < -0.39 is 27.0 Å². The van der Waals surface area contributed by atoms with Gasteiger partial charge in [-0.05, 0) is 95.4 Å². The summed E-state index contributed by atoms with van der Waals surface area (Å²) in [5.74, 6) is 0.0365. The number of carbonyl (C=O) groups excluding carboxylic acids is 2. The van der Waals surface area contributed by atoms with Gasteiger partial charge in [0.15, 0.2) is 11.5 Å². The summed E-state index contributed by atoms with van der Waals surface area (Å²) in [4.78, 5) is 31.0. The highest BCUT2D eigenvalue weighted by Crippen LogP contribution is 2.39. The van der Waals surface area contributed by atoms with Crippen molar-refractivity contribution in [1.82, 2.24) is 15.0 Å². The van der Waals surface area contributed by atoms with Gasteiger partial charge in [-0.2, -0.15) is 0 Å². The molecule has 5 rings (SSSR count). The summed E-state index contributed by atoms with van der Waals surface area (Å²) in [6.07, 6.45) is 4.87. The van der Waals surface area contributed by atoms with Crippen LogP contribution < -0.4 is 4.72 Å². The van der Waals surface area contributed by atoms with Gasteiger partial charge in [-0.3, -0.25) is 24.6 Å². The monoisotopic (exact) mass is 737 g/mol. The number of hydrogen-bond acceptors (Lipinski definition) is 8. The maximum Gasteiger partial charge on any atom is 0.263 e. The zero-order valence-corrected chi connectivity index (χ0v) is 31.8. The lowest BCUT2D eigenvalue weighted by atomic mass is 9.79. The molecule has 282 valence electrons. The van der Waals surface area contributed by atoms with Crippen LogP contribution >= 0.6 is 0 Å². The Labute approximate surface area is 306 Å². The summed E-state index contributed by atoms with van der Waals surface area (Å²) < 4.78 is 56.6. The Morgan fingerprint density at radius 2 is 1.81 bits per heavy atom. The third-order valence-corrected chi connectivity index (χ3v) is 11.8. The third kappa shape index (κ3) is 8.41. The quantitative estimate of drug-likeness (QED) is 0.127. The maximum absolute atomic E-state index is 15.6. The van der Waals surface area contributed by atoms with Crippen LogP contribution in [0.25, 0.3) is 11.1 Å². The molecule has 1 aliphatic carbocycles. The highest BCUT2D eigenvalue weighted by atomic mass is 32.2. The van der Waals surface area contributed by atoms with E-state index in [1.165, 1.54) is 15.9 Å². The summed E-state index contributed by atoms with van der Waals surface area (Å²) in [5.41, 5.74) is 0.296. The van der Waals surface area contributed by atoms with E-state index in [9.17, 15) is 18.0 Å². The molecular weight excluding hydrogens is 686 g/mol. The molecule has 2 heterocycles. The van der Waals surface area contributed by atoms with Crippen molar-refractivity contribution >= 4 is 33.5 Å². The predicted molar refractivity (Wildman–Crippen MR) is 198 cm³/mol. The minimum Gasteiger partial charge on any atom is -0.377 e. The first-order valence-electron chi connectivity index (χ1n) is 18.4. The molecule has 1 saturated heterocycles. The fraction of sp³-hybridized carbons (Fsp3) is 0.538. The Morgan fingerprint density at radius 1 is 1.08 bits per heavy atom. The molecule has 1 saturated carbocycles. The Kier molecular flexibility index (Phi) is 12.2. The minimum absolute atomic E-state index is 0.0516. The van der Waals surface area contributed by atoms with Crippen molar-refractivity contribution in [3.63, 3.8) is 0 Å². The summed E-state index contributed by atoms with van der Waals surface area (Å²) in [6, 6.07) is 12.3. The Morgan fingerprint density at radius 3 is 2.48 bits per heavy atom. The fourth-order valence-electron chi connectivity index (χ4n) is 7.26. The topological polar surface area (TPSA) is 146 Å². The number of nitrogens with zero attached hydrogens (tertiary/aromatic N) is 3. The molecule has 13 heteroatoms. The highest BCUT2D eigenvalue weighted by Gasteiger charge is 2.49. The summed E-state index contributed by atoms with van der Waals surface area (Å²) in [5, 5.41) is 12.9. The number of alkyl halides is 1. The first-order valence-corrected chi connectivity index (χ1v) is 19.8. The number of rotatable bonds is 14. The number of anilines is 1. The van der Waals surface area contributed by atoms with E-state index in [-0.39, 0.29) is 55.0 Å². The zero-order valence-electron chi connectivity index (χ0n) is 31.0. The van der Waals surface area contributed by atoms with Gasteiger partial charge in [0.25, 0.3) is 15.9 Å². The van der Waals surface area contributed by atoms with Gasteiger partial charge in [-0.25, -0.2) is 12.8 Å². The number of carbonyl (C=O) groups is 2. The standard InChI is InChI=1S/C39H52FN5O6S/c1-6-8-16-34(41)45(36(46)38(5)19-13-22-44(26-38)37(47)39(40)20-11-12-21-39)24-29-17-18-31(30(23-29)25-50-7-2)32-14-9-10-15-33(32)52(48,49)43-35-27(3)28(4)51-42-35/h9-10,14-15,17-18,23,41H,6-8,11-13,16,19-22,24-26H2,1-5H3,(H,42,43). The number of nitrogens with one attached hydrogen (secondary N) is 2. The second-order valence-electron chi connectivity index (χ2n) is 14.4. The number of sulfonamides is 1. The van der Waals surface area contributed by atoms with Gasteiger partial charge in [-0.1, -0.05) is 54.9 Å². The van der Waals surface area contributed by atoms with Crippen molar-refractivity contribution in [2.75, 3.05) is 24.4 Å². The lowest BCUT2D eigenvalue weighted by Crippen LogP contribution is -2.56. The zero-order chi connectivity index (χ0) is 37.7. The number of likely N-dealkylation sites (tertiary alicyclic amines) is 1. The van der Waals surface area contributed by atoms with E-state index >= 15 is 4.39 Å². The molecule has 2 N–H and O–H groups in total. The molecule has 1 aromatic heterocycles. The molecule has 2 fully saturated rings. The SMILES string of the molecule is CCCCC(=N)N(Cc1ccc(-c2ccccc2S(=O)(=O)Nc2noc(C)c2C)c(COCC)c1)C(=O)C1(C)CCCN(C(=O)C2(F)CCCC2)C1. The number of ether oxygens (including phenoxy) is 1. The van der Waals surface area contributed by atoms with Crippen molar-refractivity contribution in [2.24, 2.45) is 5.41 Å². The van der Waals surface area contributed by atoms with E-state index in [1.54, 1.807) is 32.0 Å². The average Bonchev–Trinajstić information content (AvgIpc) is 3.72. The number of amidine groups is 1. The number of hydrogen-bond donors (Lipinski definition) is 2. The molecule has 2 aliphatic rings. The van der Waals surface area contributed by atoms with Crippen molar-refractivity contribution < 1.29 is 31.7 Å². The number of piperidine rings is 1. The third-order valence-electron chi connectivity index (χ3n) is 10.4. The molecule has 1 unspecified atom stereocenters. The molecule has 0 radical (unpaired) electrons. The average molecular weight is 738 g/mol. The van der Waals surface area contributed by atoms with Crippen molar-refractivity contribution in [3.8, 4) is 11.1 Å². The van der Waals surface area contributed by atoms with Crippen LogP contribution in [0.15, 0.2) is 51.9 Å². The summed E-state index contributed by atoms with van der Waals surface area (Å²) in [6.45, 7) is 10.4. The number of amides is 2. The lowest BCUT2D eigenvalue weighted by molar-refractivity contribution is -0.152. The van der Waals surface area contributed by atoms with Crippen LogP contribution in [-0.4, -0.2) is 66.4 Å². The van der Waals surface area contributed by atoms with Crippen LogP contribution in [0.3, 0.4) is 0 Å². The number of benzene rings is 2. The fourth-order valence-corrected chi connectivity index (χ4v) is 8.54. The Balaban J connectivity index is 1.46. The lowest BCUT2D eigenvalue weighted by Gasteiger charge is -2.43. The summed E-state index contributed by atoms with van der Waals surface area (Å²) in [7, 11) is -4.08. The van der Waals surface area contributed by atoms with Crippen LogP contribution in [-0.2, 0) is 37.5 Å². The molecular formula is C39H52FN5O6S. The smallest absolute Gasteiger partial charge is 0.263 e. The van der Waals surface area contributed by atoms with Crippen LogP contribution in [0, 0.1) is 24.7 Å². The highest BCUT2D eigenvalue weighted by molar-refractivity contribution is 7.92.